The van der Waals surface area contributed by atoms with Crippen molar-refractivity contribution in [2.45, 2.75) is 37.2 Å². The summed E-state index contributed by atoms with van der Waals surface area (Å²) >= 11 is 0. The van der Waals surface area contributed by atoms with E-state index in [4.69, 9.17) is 20.2 Å². The highest BCUT2D eigenvalue weighted by Gasteiger charge is 2.16. The minimum Gasteiger partial charge on any atom is -0.491 e. The van der Waals surface area contributed by atoms with Crippen LogP contribution in [0.2, 0.25) is 0 Å². The molecule has 1 fully saturated rings. The molecule has 1 aliphatic heterocycles. The van der Waals surface area contributed by atoms with Crippen LogP contribution >= 0.6 is 10.7 Å². The minimum atomic E-state index is -3.69. The quantitative estimate of drug-likeness (QED) is 0.803. The monoisotopic (exact) mass is 304 g/mol. The molecule has 106 valence electrons. The van der Waals surface area contributed by atoms with Gasteiger partial charge in [-0.2, -0.15) is 0 Å². The highest BCUT2D eigenvalue weighted by Crippen LogP contribution is 2.24. The first-order chi connectivity index (χ1) is 8.97. The summed E-state index contributed by atoms with van der Waals surface area (Å²) < 4.78 is 33.7. The minimum absolute atomic E-state index is 0.121. The molecule has 1 saturated heterocycles. The first kappa shape index (κ1) is 14.6. The maximum Gasteiger partial charge on any atom is 0.261 e. The number of hydrogen-bond acceptors (Lipinski definition) is 4. The van der Waals surface area contributed by atoms with Crippen LogP contribution in [0, 0.1) is 6.92 Å². The average molecular weight is 305 g/mol. The summed E-state index contributed by atoms with van der Waals surface area (Å²) in [7, 11) is 1.63. The Bertz CT molecular complexity index is 536. The Labute approximate surface area is 118 Å². The van der Waals surface area contributed by atoms with Gasteiger partial charge in [-0.3, -0.25) is 0 Å². The zero-order valence-electron chi connectivity index (χ0n) is 10.8. The smallest absolute Gasteiger partial charge is 0.261 e. The van der Waals surface area contributed by atoms with Crippen molar-refractivity contribution < 1.29 is 17.9 Å². The zero-order chi connectivity index (χ0) is 13.9. The molecule has 1 atom stereocenters. The number of benzene rings is 1. The highest BCUT2D eigenvalue weighted by molar-refractivity contribution is 8.13. The van der Waals surface area contributed by atoms with E-state index in [1.807, 2.05) is 0 Å². The van der Waals surface area contributed by atoms with E-state index in [0.717, 1.165) is 25.9 Å². The lowest BCUT2D eigenvalue weighted by Gasteiger charge is -2.22. The van der Waals surface area contributed by atoms with E-state index < -0.39 is 9.05 Å². The van der Waals surface area contributed by atoms with Crippen molar-refractivity contribution in [2.75, 3.05) is 13.2 Å². The summed E-state index contributed by atoms with van der Waals surface area (Å²) in [6, 6.07) is 4.76. The Morgan fingerprint density at radius 3 is 2.79 bits per heavy atom. The largest absolute Gasteiger partial charge is 0.491 e. The second-order valence-corrected chi connectivity index (χ2v) is 7.20. The normalized spacial score (nSPS) is 20.2. The zero-order valence-corrected chi connectivity index (χ0v) is 12.3. The lowest BCUT2D eigenvalue weighted by Crippen LogP contribution is -2.25. The Morgan fingerprint density at radius 1 is 1.42 bits per heavy atom. The highest BCUT2D eigenvalue weighted by atomic mass is 35.7. The molecule has 1 unspecified atom stereocenters. The van der Waals surface area contributed by atoms with Gasteiger partial charge in [0, 0.05) is 17.3 Å². The van der Waals surface area contributed by atoms with Gasteiger partial charge in [0.2, 0.25) is 0 Å². The van der Waals surface area contributed by atoms with Crippen LogP contribution in [0.15, 0.2) is 23.1 Å². The van der Waals surface area contributed by atoms with Crippen molar-refractivity contribution >= 4 is 19.7 Å². The molecule has 0 amide bonds. The first-order valence-electron chi connectivity index (χ1n) is 6.26. The van der Waals surface area contributed by atoms with Crippen LogP contribution in [0.4, 0.5) is 0 Å². The fraction of sp³-hybridized carbons (Fsp3) is 0.538. The SMILES string of the molecule is Cc1cc(OCC2CCCCO2)ccc1S(=O)(=O)Cl. The van der Waals surface area contributed by atoms with Gasteiger partial charge in [0.1, 0.15) is 12.4 Å². The summed E-state index contributed by atoms with van der Waals surface area (Å²) in [6.45, 7) is 2.97. The molecule has 2 rings (SSSR count). The average Bonchev–Trinajstić information content (AvgIpc) is 2.36. The van der Waals surface area contributed by atoms with Gasteiger partial charge < -0.3 is 9.47 Å². The Balaban J connectivity index is 2.00. The Hall–Kier alpha value is -0.780. The summed E-state index contributed by atoms with van der Waals surface area (Å²) in [5.74, 6) is 0.635. The first-order valence-corrected chi connectivity index (χ1v) is 8.57. The van der Waals surface area contributed by atoms with Crippen LogP contribution in [0.1, 0.15) is 24.8 Å². The summed E-state index contributed by atoms with van der Waals surface area (Å²) in [4.78, 5) is 0.121. The molecule has 4 nitrogen and oxygen atoms in total. The number of rotatable bonds is 4. The van der Waals surface area contributed by atoms with Crippen molar-refractivity contribution in [3.63, 3.8) is 0 Å². The van der Waals surface area contributed by atoms with Crippen LogP contribution in [-0.2, 0) is 13.8 Å². The number of ether oxygens (including phenoxy) is 2. The Kier molecular flexibility index (Phi) is 4.71. The molecule has 1 aromatic rings. The van der Waals surface area contributed by atoms with E-state index in [1.165, 1.54) is 6.07 Å². The van der Waals surface area contributed by atoms with Gasteiger partial charge in [-0.1, -0.05) is 0 Å². The van der Waals surface area contributed by atoms with E-state index >= 15 is 0 Å². The topological polar surface area (TPSA) is 52.6 Å². The van der Waals surface area contributed by atoms with Crippen LogP contribution in [0.5, 0.6) is 5.75 Å². The lowest BCUT2D eigenvalue weighted by molar-refractivity contribution is -0.0110. The summed E-state index contributed by atoms with van der Waals surface area (Å²) in [6.07, 6.45) is 3.41. The molecule has 1 aliphatic rings. The number of aryl methyl sites for hydroxylation is 1. The van der Waals surface area contributed by atoms with E-state index in [2.05, 4.69) is 0 Å². The van der Waals surface area contributed by atoms with Crippen molar-refractivity contribution in [3.05, 3.63) is 23.8 Å². The number of halogens is 1. The van der Waals surface area contributed by atoms with Crippen molar-refractivity contribution in [1.29, 1.82) is 0 Å². The summed E-state index contributed by atoms with van der Waals surface area (Å²) in [5.41, 5.74) is 0.581. The molecule has 0 bridgehead atoms. The fourth-order valence-corrected chi connectivity index (χ4v) is 3.31. The van der Waals surface area contributed by atoms with Crippen LogP contribution < -0.4 is 4.74 Å². The molecule has 1 aromatic carbocycles. The molecule has 6 heteroatoms. The molecule has 0 radical (unpaired) electrons. The molecule has 0 aliphatic carbocycles. The predicted octanol–water partition coefficient (Wildman–Crippen LogP) is 2.87. The van der Waals surface area contributed by atoms with Crippen LogP contribution in [-0.4, -0.2) is 27.7 Å². The summed E-state index contributed by atoms with van der Waals surface area (Å²) in [5, 5.41) is 0. The molecular formula is C13H17ClO4S. The van der Waals surface area contributed by atoms with Crippen molar-refractivity contribution in [1.82, 2.24) is 0 Å². The molecular weight excluding hydrogens is 288 g/mol. The van der Waals surface area contributed by atoms with Gasteiger partial charge >= 0.3 is 0 Å². The maximum absolute atomic E-state index is 11.3. The standard InChI is InChI=1S/C13H17ClO4S/c1-10-8-11(5-6-13(10)19(14,15)16)18-9-12-4-2-3-7-17-12/h5-6,8,12H,2-4,7,9H2,1H3. The lowest BCUT2D eigenvalue weighted by atomic mass is 10.1. The van der Waals surface area contributed by atoms with E-state index in [-0.39, 0.29) is 11.0 Å². The predicted molar refractivity (Wildman–Crippen MR) is 73.3 cm³/mol. The Morgan fingerprint density at radius 2 is 2.21 bits per heavy atom. The van der Waals surface area contributed by atoms with Gasteiger partial charge in [-0.25, -0.2) is 8.42 Å². The second-order valence-electron chi connectivity index (χ2n) is 4.66. The maximum atomic E-state index is 11.3. The van der Waals surface area contributed by atoms with Gasteiger partial charge in [-0.15, -0.1) is 0 Å². The van der Waals surface area contributed by atoms with Crippen LogP contribution in [0.3, 0.4) is 0 Å². The van der Waals surface area contributed by atoms with Crippen LogP contribution in [0.25, 0.3) is 0 Å². The van der Waals surface area contributed by atoms with E-state index in [0.29, 0.717) is 17.9 Å². The molecule has 0 spiro atoms. The second kappa shape index (κ2) is 6.11. The van der Waals surface area contributed by atoms with Crippen molar-refractivity contribution in [2.24, 2.45) is 0 Å². The molecule has 0 saturated carbocycles. The van der Waals surface area contributed by atoms with Gasteiger partial charge in [0.05, 0.1) is 11.0 Å². The van der Waals surface area contributed by atoms with Crippen molar-refractivity contribution in [3.8, 4) is 5.75 Å². The van der Waals surface area contributed by atoms with E-state index in [1.54, 1.807) is 19.1 Å². The van der Waals surface area contributed by atoms with E-state index in [9.17, 15) is 8.42 Å². The third kappa shape index (κ3) is 4.09. The fourth-order valence-electron chi connectivity index (χ4n) is 2.11. The van der Waals surface area contributed by atoms with Gasteiger partial charge in [0.15, 0.2) is 0 Å². The molecule has 1 heterocycles. The van der Waals surface area contributed by atoms with Gasteiger partial charge in [-0.05, 0) is 49.9 Å². The molecule has 0 N–H and O–H groups in total. The number of hydrogen-bond donors (Lipinski definition) is 0. The van der Waals surface area contributed by atoms with Gasteiger partial charge in [0.25, 0.3) is 9.05 Å². The third-order valence-electron chi connectivity index (χ3n) is 3.12. The molecule has 19 heavy (non-hydrogen) atoms. The third-order valence-corrected chi connectivity index (χ3v) is 4.60. The molecule has 0 aromatic heterocycles.